The summed E-state index contributed by atoms with van der Waals surface area (Å²) in [4.78, 5) is 23.9. The molecule has 0 bridgehead atoms. The second-order valence-electron chi connectivity index (χ2n) is 4.73. The van der Waals surface area contributed by atoms with E-state index in [0.29, 0.717) is 0 Å². The van der Waals surface area contributed by atoms with Crippen molar-refractivity contribution in [1.29, 1.82) is 0 Å². The molecule has 4 rings (SSSR count). The van der Waals surface area contributed by atoms with E-state index in [1.165, 1.54) is 0 Å². The van der Waals surface area contributed by atoms with E-state index in [4.69, 9.17) is 8.83 Å². The van der Waals surface area contributed by atoms with Crippen LogP contribution in [0.5, 0.6) is 23.0 Å². The van der Waals surface area contributed by atoms with E-state index >= 15 is 0 Å². The minimum Gasteiger partial charge on any atom is -0.867 e. The molecule has 0 aliphatic heterocycles. The van der Waals surface area contributed by atoms with Gasteiger partial charge in [-0.25, -0.2) is 9.59 Å². The average Bonchev–Trinajstić information content (AvgIpc) is 2.47. The van der Waals surface area contributed by atoms with Crippen molar-refractivity contribution < 1.29 is 29.3 Å². The van der Waals surface area contributed by atoms with Gasteiger partial charge in [0.1, 0.15) is 22.7 Å². The molecule has 8 nitrogen and oxygen atoms in total. The van der Waals surface area contributed by atoms with Gasteiger partial charge in [0.15, 0.2) is 0 Å². The Kier molecular flexibility index (Phi) is 5.93. The van der Waals surface area contributed by atoms with Crippen molar-refractivity contribution >= 4 is 32.7 Å². The van der Waals surface area contributed by atoms with Gasteiger partial charge in [-0.2, -0.15) is 0 Å². The zero-order valence-electron chi connectivity index (χ0n) is 10.5. The van der Waals surface area contributed by atoms with Gasteiger partial charge in [0.05, 0.1) is 10.8 Å². The molecule has 0 atom stereocenters. The summed E-state index contributed by atoms with van der Waals surface area (Å²) >= 11 is 0. The summed E-state index contributed by atoms with van der Waals surface area (Å²) in [5, 5.41) is 42.3. The van der Waals surface area contributed by atoms with Crippen LogP contribution < -0.4 is 21.5 Å². The van der Waals surface area contributed by atoms with Crippen molar-refractivity contribution in [3.05, 3.63) is 33.0 Å². The van der Waals surface area contributed by atoms with Gasteiger partial charge in [0.25, 0.3) is 0 Å². The lowest BCUT2D eigenvalue weighted by atomic mass is 10.0. The summed E-state index contributed by atoms with van der Waals surface area (Å²) in [7, 11) is 0. The first-order chi connectivity index (χ1) is 10.4. The molecule has 0 spiro atoms. The minimum absolute atomic E-state index is 0. The molecule has 0 aliphatic carbocycles. The Morgan fingerprint density at radius 3 is 1.31 bits per heavy atom. The van der Waals surface area contributed by atoms with Gasteiger partial charge in [0.2, 0.25) is 0 Å². The second kappa shape index (κ2) is 6.83. The third-order valence-electron chi connectivity index (χ3n) is 3.51. The lowest BCUT2D eigenvalue weighted by Crippen LogP contribution is -2.09. The van der Waals surface area contributed by atoms with Gasteiger partial charge in [-0.1, -0.05) is 29.7 Å². The van der Waals surface area contributed by atoms with Crippen LogP contribution in [0.4, 0.5) is 0 Å². The quantitative estimate of drug-likeness (QED) is 0.357. The Hall–Kier alpha value is -3.42. The van der Waals surface area contributed by atoms with Gasteiger partial charge >= 0.3 is 11.3 Å². The van der Waals surface area contributed by atoms with Crippen LogP contribution in [0.25, 0.3) is 32.7 Å². The van der Waals surface area contributed by atoms with Gasteiger partial charge in [-0.3, -0.25) is 0 Å². The Labute approximate surface area is 148 Å². The fourth-order valence-corrected chi connectivity index (χ4v) is 2.56. The fourth-order valence-electron chi connectivity index (χ4n) is 2.56. The predicted molar refractivity (Wildman–Crippen MR) is 96.4 cm³/mol. The molecule has 2 aromatic carbocycles. The Bertz CT molecular complexity index is 1100. The minimum atomic E-state index is -1.01. The van der Waals surface area contributed by atoms with Crippen LogP contribution in [-0.4, -0.2) is 10.2 Å². The molecular formula is C18H20O8-2. The van der Waals surface area contributed by atoms with Crippen molar-refractivity contribution in [2.75, 3.05) is 0 Å². The number of phenols is 2. The highest BCUT2D eigenvalue weighted by atomic mass is 16.4. The predicted octanol–water partition coefficient (Wildman–Crippen LogP) is 2.59. The molecule has 2 aromatic heterocycles. The third kappa shape index (κ3) is 2.46. The summed E-state index contributed by atoms with van der Waals surface area (Å²) in [6.45, 7) is 0. The van der Waals surface area contributed by atoms with E-state index in [1.54, 1.807) is 0 Å². The monoisotopic (exact) mass is 364 g/mol. The van der Waals surface area contributed by atoms with Crippen LogP contribution in [0.1, 0.15) is 29.7 Å². The number of hydrogen-bond acceptors (Lipinski definition) is 8. The highest BCUT2D eigenvalue weighted by Crippen LogP contribution is 2.42. The maximum atomic E-state index is 11.9. The molecule has 0 unspecified atom stereocenters. The zero-order valence-corrected chi connectivity index (χ0v) is 10.5. The Morgan fingerprint density at radius 1 is 0.692 bits per heavy atom. The topological polar surface area (TPSA) is 147 Å². The first-order valence-corrected chi connectivity index (χ1v) is 5.98. The van der Waals surface area contributed by atoms with Crippen LogP contribution in [0.2, 0.25) is 0 Å². The van der Waals surface area contributed by atoms with E-state index in [9.17, 15) is 30.0 Å². The van der Waals surface area contributed by atoms with Gasteiger partial charge < -0.3 is 29.3 Å². The highest BCUT2D eigenvalue weighted by Gasteiger charge is 2.20. The maximum absolute atomic E-state index is 11.9. The molecule has 0 fully saturated rings. The van der Waals surface area contributed by atoms with Crippen molar-refractivity contribution in [2.45, 2.75) is 29.7 Å². The van der Waals surface area contributed by atoms with Crippen molar-refractivity contribution in [3.8, 4) is 23.0 Å². The molecule has 2 heterocycles. The molecule has 142 valence electrons. The molecule has 26 heavy (non-hydrogen) atoms. The van der Waals surface area contributed by atoms with Crippen LogP contribution in [0.15, 0.2) is 30.6 Å². The average molecular weight is 364 g/mol. The summed E-state index contributed by atoms with van der Waals surface area (Å²) < 4.78 is 9.70. The zero-order chi connectivity index (χ0) is 15.8. The van der Waals surface area contributed by atoms with Crippen LogP contribution >= 0.6 is 0 Å². The largest absolute Gasteiger partial charge is 0.867 e. The molecule has 0 saturated carbocycles. The standard InChI is InChI=1S/C14H6O8.4CH4/c15-5-1-3-7-8-4(14(20)22-11(7)9(5)17)2-6(16)10(18)12(8)21-13(3)19;;;;/h1-2,15-18H;4*1H4/p-2. The van der Waals surface area contributed by atoms with Crippen molar-refractivity contribution in [2.24, 2.45) is 0 Å². The van der Waals surface area contributed by atoms with Gasteiger partial charge in [-0.15, -0.1) is 0 Å². The first kappa shape index (κ1) is 22.6. The highest BCUT2D eigenvalue weighted by molar-refractivity contribution is 6.22. The van der Waals surface area contributed by atoms with E-state index in [2.05, 4.69) is 0 Å². The molecule has 0 amide bonds. The van der Waals surface area contributed by atoms with Crippen LogP contribution in [0, 0.1) is 0 Å². The maximum Gasteiger partial charge on any atom is 0.344 e. The Balaban J connectivity index is 0.00000156. The second-order valence-corrected chi connectivity index (χ2v) is 4.73. The molecule has 0 aliphatic rings. The van der Waals surface area contributed by atoms with Crippen molar-refractivity contribution in [1.82, 2.24) is 0 Å². The molecule has 0 radical (unpaired) electrons. The van der Waals surface area contributed by atoms with Crippen LogP contribution in [0.3, 0.4) is 0 Å². The molecule has 2 N–H and O–H groups in total. The normalized spacial score (nSPS) is 10.0. The summed E-state index contributed by atoms with van der Waals surface area (Å²) in [5.41, 5.74) is -3.11. The summed E-state index contributed by atoms with van der Waals surface area (Å²) in [6, 6.07) is 1.76. The van der Waals surface area contributed by atoms with E-state index in [1.807, 2.05) is 0 Å². The van der Waals surface area contributed by atoms with E-state index in [0.717, 1.165) is 12.1 Å². The number of aromatic hydroxyl groups is 2. The molecule has 4 aromatic rings. The number of rotatable bonds is 0. The first-order valence-electron chi connectivity index (χ1n) is 5.98. The van der Waals surface area contributed by atoms with Gasteiger partial charge in [0, 0.05) is 10.8 Å². The van der Waals surface area contributed by atoms with Crippen molar-refractivity contribution in [3.63, 3.8) is 0 Å². The lowest BCUT2D eigenvalue weighted by molar-refractivity contribution is -0.269. The van der Waals surface area contributed by atoms with E-state index in [-0.39, 0.29) is 51.3 Å². The molecule has 8 heteroatoms. The Morgan fingerprint density at radius 2 is 1.00 bits per heavy atom. The summed E-state index contributed by atoms with van der Waals surface area (Å²) in [5.74, 6) is -3.55. The lowest BCUT2D eigenvalue weighted by Gasteiger charge is -2.17. The van der Waals surface area contributed by atoms with Gasteiger partial charge in [-0.05, 0) is 23.6 Å². The fraction of sp³-hybridized carbons (Fsp3) is 0.222. The van der Waals surface area contributed by atoms with E-state index < -0.39 is 45.4 Å². The molecular weight excluding hydrogens is 344 g/mol. The third-order valence-corrected chi connectivity index (χ3v) is 3.51. The number of phenolic OH excluding ortho intramolecular Hbond substituents is 2. The number of benzene rings is 2. The molecule has 0 saturated heterocycles. The SMILES string of the molecule is C.C.C.C.O=c1oc2c([O-])c(O)cc3c(=O)oc4c([O-])c(O)cc1c4c23. The smallest absolute Gasteiger partial charge is 0.344 e. The summed E-state index contributed by atoms with van der Waals surface area (Å²) in [6.07, 6.45) is 0. The number of hydrogen-bond donors (Lipinski definition) is 2. The van der Waals surface area contributed by atoms with Crippen LogP contribution in [-0.2, 0) is 0 Å².